The van der Waals surface area contributed by atoms with E-state index in [9.17, 15) is 13.2 Å². The van der Waals surface area contributed by atoms with Crippen LogP contribution in [0, 0.1) is 5.92 Å². The second-order valence-electron chi connectivity index (χ2n) is 6.16. The van der Waals surface area contributed by atoms with Crippen molar-refractivity contribution in [2.24, 2.45) is 5.92 Å². The van der Waals surface area contributed by atoms with Crippen LogP contribution < -0.4 is 4.72 Å². The third-order valence-electron chi connectivity index (χ3n) is 4.29. The van der Waals surface area contributed by atoms with Crippen LogP contribution in [0.25, 0.3) is 0 Å². The van der Waals surface area contributed by atoms with Gasteiger partial charge in [-0.25, -0.2) is 13.1 Å². The zero-order valence-corrected chi connectivity index (χ0v) is 13.9. The lowest BCUT2D eigenvalue weighted by molar-refractivity contribution is -0.131. The normalized spacial score (nSPS) is 27.9. The Hall–Kier alpha value is -1.11. The van der Waals surface area contributed by atoms with Gasteiger partial charge in [0, 0.05) is 30.1 Å². The predicted octanol–water partition coefficient (Wildman–Crippen LogP) is 1.59. The highest BCUT2D eigenvalue weighted by Crippen LogP contribution is 2.48. The number of nitrogens with one attached hydrogen (secondary N) is 1. The maximum atomic E-state index is 12.5. The second-order valence-corrected chi connectivity index (χ2v) is 8.38. The van der Waals surface area contributed by atoms with Crippen LogP contribution in [0.3, 0.4) is 0 Å². The second kappa shape index (κ2) is 5.83. The van der Waals surface area contributed by atoms with Gasteiger partial charge < -0.3 is 4.90 Å². The van der Waals surface area contributed by atoms with E-state index in [-0.39, 0.29) is 23.8 Å². The summed E-state index contributed by atoms with van der Waals surface area (Å²) in [5.74, 6) is 0.433. The average molecular weight is 343 g/mol. The zero-order valence-electron chi connectivity index (χ0n) is 12.3. The van der Waals surface area contributed by atoms with Crippen LogP contribution in [0.1, 0.15) is 24.3 Å². The van der Waals surface area contributed by atoms with Crippen molar-refractivity contribution < 1.29 is 13.2 Å². The molecule has 120 valence electrons. The lowest BCUT2D eigenvalue weighted by atomic mass is 10.1. The van der Waals surface area contributed by atoms with Gasteiger partial charge in [0.2, 0.25) is 15.9 Å². The van der Waals surface area contributed by atoms with Gasteiger partial charge >= 0.3 is 0 Å². The van der Waals surface area contributed by atoms with Crippen LogP contribution in [0.15, 0.2) is 24.3 Å². The SMILES string of the molecule is CS(=O)(=O)N[C@@H]1CCN(C(=O)[C@@H]2C[C@@H]2c2ccc(Cl)cc2)C1. The molecular weight excluding hydrogens is 324 g/mol. The van der Waals surface area contributed by atoms with Crippen molar-refractivity contribution in [2.75, 3.05) is 19.3 Å². The molecule has 0 unspecified atom stereocenters. The molecule has 5 nitrogen and oxygen atoms in total. The zero-order chi connectivity index (χ0) is 15.9. The van der Waals surface area contributed by atoms with Gasteiger partial charge in [0.1, 0.15) is 0 Å². The number of halogens is 1. The van der Waals surface area contributed by atoms with Gasteiger partial charge in [-0.1, -0.05) is 23.7 Å². The third kappa shape index (κ3) is 3.62. The summed E-state index contributed by atoms with van der Waals surface area (Å²) in [6, 6.07) is 7.47. The third-order valence-corrected chi connectivity index (χ3v) is 5.30. The molecule has 1 N–H and O–H groups in total. The van der Waals surface area contributed by atoms with Crippen molar-refractivity contribution in [1.29, 1.82) is 0 Å². The van der Waals surface area contributed by atoms with E-state index in [0.29, 0.717) is 24.5 Å². The van der Waals surface area contributed by atoms with Crippen LogP contribution in [0.4, 0.5) is 0 Å². The van der Waals surface area contributed by atoms with Gasteiger partial charge in [0.05, 0.1) is 6.26 Å². The van der Waals surface area contributed by atoms with E-state index in [4.69, 9.17) is 11.6 Å². The molecule has 0 aromatic heterocycles. The standard InChI is InChI=1S/C15H19ClN2O3S/c1-22(20,21)17-12-6-7-18(9-12)15(19)14-8-13(14)10-2-4-11(16)5-3-10/h2-5,12-14,17H,6-9H2,1H3/t12-,13-,14-/m1/s1. The summed E-state index contributed by atoms with van der Waals surface area (Å²) in [4.78, 5) is 14.3. The van der Waals surface area contributed by atoms with Crippen molar-refractivity contribution in [3.8, 4) is 0 Å². The summed E-state index contributed by atoms with van der Waals surface area (Å²) >= 11 is 5.88. The molecule has 1 amide bonds. The molecule has 2 fully saturated rings. The number of carbonyl (C=O) groups excluding carboxylic acids is 1. The molecular formula is C15H19ClN2O3S. The highest BCUT2D eigenvalue weighted by Gasteiger charge is 2.46. The van der Waals surface area contributed by atoms with Crippen LogP contribution in [-0.4, -0.2) is 44.6 Å². The Morgan fingerprint density at radius 3 is 2.64 bits per heavy atom. The topological polar surface area (TPSA) is 66.5 Å². The van der Waals surface area contributed by atoms with E-state index in [1.54, 1.807) is 4.90 Å². The number of hydrogen-bond acceptors (Lipinski definition) is 3. The number of likely N-dealkylation sites (tertiary alicyclic amines) is 1. The molecule has 1 saturated heterocycles. The highest BCUT2D eigenvalue weighted by atomic mass is 35.5. The van der Waals surface area contributed by atoms with Crippen LogP contribution in [0.5, 0.6) is 0 Å². The number of hydrogen-bond donors (Lipinski definition) is 1. The first kappa shape index (κ1) is 15.8. The van der Waals surface area contributed by atoms with E-state index < -0.39 is 10.0 Å². The minimum absolute atomic E-state index is 0.0261. The van der Waals surface area contributed by atoms with Gasteiger partial charge in [-0.05, 0) is 36.5 Å². The van der Waals surface area contributed by atoms with E-state index in [1.807, 2.05) is 24.3 Å². The molecule has 1 aromatic carbocycles. The van der Waals surface area contributed by atoms with E-state index in [2.05, 4.69) is 4.72 Å². The van der Waals surface area contributed by atoms with Gasteiger partial charge in [-0.2, -0.15) is 0 Å². The first-order valence-electron chi connectivity index (χ1n) is 7.35. The summed E-state index contributed by atoms with van der Waals surface area (Å²) in [6.07, 6.45) is 2.69. The number of benzene rings is 1. The number of amides is 1. The lowest BCUT2D eigenvalue weighted by Gasteiger charge is -2.17. The summed E-state index contributed by atoms with van der Waals surface area (Å²) in [7, 11) is -3.22. The molecule has 0 radical (unpaired) electrons. The summed E-state index contributed by atoms with van der Waals surface area (Å²) in [5, 5.41) is 0.696. The van der Waals surface area contributed by atoms with Crippen molar-refractivity contribution in [3.63, 3.8) is 0 Å². The number of carbonyl (C=O) groups is 1. The maximum Gasteiger partial charge on any atom is 0.226 e. The van der Waals surface area contributed by atoms with E-state index in [0.717, 1.165) is 18.2 Å². The molecule has 1 saturated carbocycles. The highest BCUT2D eigenvalue weighted by molar-refractivity contribution is 7.88. The number of nitrogens with zero attached hydrogens (tertiary/aromatic N) is 1. The van der Waals surface area contributed by atoms with Gasteiger partial charge in [-0.15, -0.1) is 0 Å². The minimum Gasteiger partial charge on any atom is -0.341 e. The number of sulfonamides is 1. The fourth-order valence-corrected chi connectivity index (χ4v) is 4.06. The molecule has 3 rings (SSSR count). The van der Waals surface area contributed by atoms with E-state index in [1.165, 1.54) is 0 Å². The number of rotatable bonds is 4. The molecule has 1 heterocycles. The Balaban J connectivity index is 1.57. The Morgan fingerprint density at radius 2 is 2.00 bits per heavy atom. The Morgan fingerprint density at radius 1 is 1.32 bits per heavy atom. The molecule has 2 aliphatic rings. The molecule has 1 aromatic rings. The monoisotopic (exact) mass is 342 g/mol. The fourth-order valence-electron chi connectivity index (χ4n) is 3.14. The van der Waals surface area contributed by atoms with Crippen LogP contribution in [0.2, 0.25) is 5.02 Å². The van der Waals surface area contributed by atoms with Crippen LogP contribution in [-0.2, 0) is 14.8 Å². The Bertz CT molecular complexity index is 675. The summed E-state index contributed by atoms with van der Waals surface area (Å²) < 4.78 is 25.1. The van der Waals surface area contributed by atoms with Crippen molar-refractivity contribution in [1.82, 2.24) is 9.62 Å². The first-order chi connectivity index (χ1) is 10.3. The van der Waals surface area contributed by atoms with Crippen LogP contribution >= 0.6 is 11.6 Å². The Labute approximate surface area is 135 Å². The quantitative estimate of drug-likeness (QED) is 0.903. The molecule has 22 heavy (non-hydrogen) atoms. The molecule has 0 spiro atoms. The first-order valence-corrected chi connectivity index (χ1v) is 9.62. The maximum absolute atomic E-state index is 12.5. The summed E-state index contributed by atoms with van der Waals surface area (Å²) in [5.41, 5.74) is 1.15. The lowest BCUT2D eigenvalue weighted by Crippen LogP contribution is -2.38. The largest absolute Gasteiger partial charge is 0.341 e. The summed E-state index contributed by atoms with van der Waals surface area (Å²) in [6.45, 7) is 1.09. The molecule has 1 aliphatic carbocycles. The molecule has 3 atom stereocenters. The molecule has 1 aliphatic heterocycles. The fraction of sp³-hybridized carbons (Fsp3) is 0.533. The van der Waals surface area contributed by atoms with Gasteiger partial charge in [0.15, 0.2) is 0 Å². The average Bonchev–Trinajstić information content (AvgIpc) is 3.10. The predicted molar refractivity (Wildman–Crippen MR) is 85.3 cm³/mol. The van der Waals surface area contributed by atoms with Crippen molar-refractivity contribution in [2.45, 2.75) is 24.8 Å². The van der Waals surface area contributed by atoms with Crippen molar-refractivity contribution >= 4 is 27.5 Å². The Kier molecular flexibility index (Phi) is 4.18. The smallest absolute Gasteiger partial charge is 0.226 e. The molecule has 0 bridgehead atoms. The van der Waals surface area contributed by atoms with E-state index >= 15 is 0 Å². The molecule has 7 heteroatoms. The van der Waals surface area contributed by atoms with Crippen molar-refractivity contribution in [3.05, 3.63) is 34.9 Å². The minimum atomic E-state index is -3.22. The van der Waals surface area contributed by atoms with Gasteiger partial charge in [0.25, 0.3) is 0 Å². The van der Waals surface area contributed by atoms with Gasteiger partial charge in [-0.3, -0.25) is 4.79 Å².